The van der Waals surface area contributed by atoms with Crippen LogP contribution in [0.15, 0.2) is 0 Å². The molecular formula is C15H24F4N2O2. The van der Waals surface area contributed by atoms with Crippen LogP contribution in [0.1, 0.15) is 25.7 Å². The largest absolute Gasteiger partial charge is 0.374 e. The fourth-order valence-electron chi connectivity index (χ4n) is 3.47. The smallest absolute Gasteiger partial charge is 0.330 e. The van der Waals surface area contributed by atoms with Crippen molar-refractivity contribution < 1.29 is 27.1 Å². The molecule has 2 aliphatic heterocycles. The highest BCUT2D eigenvalue weighted by molar-refractivity contribution is 5.76. The lowest BCUT2D eigenvalue weighted by atomic mass is 9.84. The second-order valence-corrected chi connectivity index (χ2v) is 6.47. The minimum atomic E-state index is -4.16. The Balaban J connectivity index is 1.77. The predicted octanol–water partition coefficient (Wildman–Crippen LogP) is 2.24. The predicted molar refractivity (Wildman–Crippen MR) is 76.7 cm³/mol. The van der Waals surface area contributed by atoms with Gasteiger partial charge in [-0.2, -0.15) is 8.78 Å². The Bertz CT molecular complexity index is 409. The summed E-state index contributed by atoms with van der Waals surface area (Å²) >= 11 is 0. The summed E-state index contributed by atoms with van der Waals surface area (Å²) in [7, 11) is 2.06. The normalized spacial score (nSPS) is 26.4. The van der Waals surface area contributed by atoms with E-state index in [1.807, 2.05) is 4.90 Å². The van der Waals surface area contributed by atoms with Crippen LogP contribution >= 0.6 is 0 Å². The van der Waals surface area contributed by atoms with Gasteiger partial charge in [0.1, 0.15) is 6.61 Å². The molecule has 0 aromatic carbocycles. The van der Waals surface area contributed by atoms with Gasteiger partial charge in [0.05, 0.1) is 13.0 Å². The summed E-state index contributed by atoms with van der Waals surface area (Å²) in [5.41, 5.74) is 0. The van der Waals surface area contributed by atoms with Crippen molar-refractivity contribution in [3.8, 4) is 0 Å². The van der Waals surface area contributed by atoms with E-state index in [1.165, 1.54) is 0 Å². The lowest BCUT2D eigenvalue weighted by Crippen LogP contribution is -2.55. The molecule has 2 rings (SSSR count). The number of halogens is 4. The van der Waals surface area contributed by atoms with Crippen LogP contribution in [0.4, 0.5) is 17.6 Å². The molecule has 0 N–H and O–H groups in total. The number of carbonyl (C=O) groups excluding carboxylic acids is 1. The first kappa shape index (κ1) is 18.4. The highest BCUT2D eigenvalue weighted by atomic mass is 19.3. The third kappa shape index (κ3) is 4.79. The minimum absolute atomic E-state index is 0.0433. The van der Waals surface area contributed by atoms with E-state index in [2.05, 4.69) is 16.7 Å². The van der Waals surface area contributed by atoms with Gasteiger partial charge in [0.2, 0.25) is 5.91 Å². The highest BCUT2D eigenvalue weighted by Gasteiger charge is 2.41. The van der Waals surface area contributed by atoms with Crippen molar-refractivity contribution in [3.05, 3.63) is 0 Å². The standard InChI is InChI=1S/C15H24F4N2O2/c1-20-7-4-12-11(9-20)3-2-6-21(12)13(22)5-8-23-10-15(18,19)14(16)17/h11-12,14H,2-10H2,1H3. The summed E-state index contributed by atoms with van der Waals surface area (Å²) in [6.07, 6.45) is -0.850. The maximum Gasteiger partial charge on any atom is 0.330 e. The first-order valence-electron chi connectivity index (χ1n) is 8.03. The van der Waals surface area contributed by atoms with Gasteiger partial charge < -0.3 is 14.5 Å². The van der Waals surface area contributed by atoms with Crippen molar-refractivity contribution in [2.45, 2.75) is 44.1 Å². The Morgan fingerprint density at radius 2 is 2.04 bits per heavy atom. The third-order valence-corrected chi connectivity index (χ3v) is 4.67. The SMILES string of the molecule is CN1CCC2C(CCCN2C(=O)CCOCC(F)(F)C(F)F)C1. The number of ether oxygens (including phenoxy) is 1. The molecule has 0 radical (unpaired) electrons. The lowest BCUT2D eigenvalue weighted by Gasteiger charge is -2.46. The second-order valence-electron chi connectivity index (χ2n) is 6.47. The van der Waals surface area contributed by atoms with Gasteiger partial charge in [-0.05, 0) is 38.8 Å². The van der Waals surface area contributed by atoms with E-state index < -0.39 is 19.0 Å². The molecule has 23 heavy (non-hydrogen) atoms. The van der Waals surface area contributed by atoms with Gasteiger partial charge in [0.15, 0.2) is 0 Å². The monoisotopic (exact) mass is 340 g/mol. The number of rotatable bonds is 6. The average Bonchev–Trinajstić information content (AvgIpc) is 2.50. The molecule has 2 saturated heterocycles. The van der Waals surface area contributed by atoms with Gasteiger partial charge in [0, 0.05) is 19.1 Å². The van der Waals surface area contributed by atoms with Gasteiger partial charge in [-0.15, -0.1) is 0 Å². The summed E-state index contributed by atoms with van der Waals surface area (Å²) in [5.74, 6) is -3.84. The van der Waals surface area contributed by atoms with Crippen LogP contribution in [0, 0.1) is 5.92 Å². The molecule has 2 atom stereocenters. The molecule has 4 nitrogen and oxygen atoms in total. The zero-order valence-electron chi connectivity index (χ0n) is 13.3. The zero-order valence-corrected chi connectivity index (χ0v) is 13.3. The molecule has 8 heteroatoms. The van der Waals surface area contributed by atoms with Crippen molar-refractivity contribution in [1.82, 2.24) is 9.80 Å². The van der Waals surface area contributed by atoms with Gasteiger partial charge in [-0.3, -0.25) is 4.79 Å². The first-order chi connectivity index (χ1) is 10.8. The summed E-state index contributed by atoms with van der Waals surface area (Å²) in [5, 5.41) is 0. The average molecular weight is 340 g/mol. The molecule has 134 valence electrons. The molecule has 1 amide bonds. The van der Waals surface area contributed by atoms with Gasteiger partial charge in [0.25, 0.3) is 0 Å². The van der Waals surface area contributed by atoms with Crippen molar-refractivity contribution in [3.63, 3.8) is 0 Å². The second kappa shape index (κ2) is 7.79. The summed E-state index contributed by atoms with van der Waals surface area (Å²) < 4.78 is 54.0. The molecule has 0 aromatic heterocycles. The molecule has 2 unspecified atom stereocenters. The van der Waals surface area contributed by atoms with E-state index in [0.29, 0.717) is 12.5 Å². The Morgan fingerprint density at radius 3 is 2.74 bits per heavy atom. The number of fused-ring (bicyclic) bond motifs is 1. The van der Waals surface area contributed by atoms with Crippen LogP contribution in [0.3, 0.4) is 0 Å². The fraction of sp³-hybridized carbons (Fsp3) is 0.933. The van der Waals surface area contributed by atoms with E-state index >= 15 is 0 Å². The molecule has 2 heterocycles. The topological polar surface area (TPSA) is 32.8 Å². The van der Waals surface area contributed by atoms with Gasteiger partial charge >= 0.3 is 12.3 Å². The Morgan fingerprint density at radius 1 is 1.30 bits per heavy atom. The van der Waals surface area contributed by atoms with Crippen LogP contribution in [0.5, 0.6) is 0 Å². The van der Waals surface area contributed by atoms with E-state index in [0.717, 1.165) is 32.4 Å². The van der Waals surface area contributed by atoms with E-state index in [4.69, 9.17) is 0 Å². The molecule has 0 saturated carbocycles. The molecular weight excluding hydrogens is 316 g/mol. The number of piperidine rings is 2. The third-order valence-electron chi connectivity index (χ3n) is 4.67. The summed E-state index contributed by atoms with van der Waals surface area (Å²) in [6.45, 7) is 0.967. The van der Waals surface area contributed by atoms with Gasteiger partial charge in [-0.1, -0.05) is 0 Å². The molecule has 2 aliphatic rings. The van der Waals surface area contributed by atoms with Crippen molar-refractivity contribution >= 4 is 5.91 Å². The van der Waals surface area contributed by atoms with E-state index in [-0.39, 0.29) is 25.0 Å². The molecule has 2 fully saturated rings. The van der Waals surface area contributed by atoms with Crippen LogP contribution in [0.25, 0.3) is 0 Å². The summed E-state index contributed by atoms with van der Waals surface area (Å²) in [6, 6.07) is 0.204. The molecule has 0 aliphatic carbocycles. The Labute approximate surface area is 133 Å². The summed E-state index contributed by atoms with van der Waals surface area (Å²) in [4.78, 5) is 16.4. The fourth-order valence-corrected chi connectivity index (χ4v) is 3.47. The molecule has 0 spiro atoms. The number of hydrogen-bond acceptors (Lipinski definition) is 3. The van der Waals surface area contributed by atoms with Crippen molar-refractivity contribution in [1.29, 1.82) is 0 Å². The van der Waals surface area contributed by atoms with Crippen LogP contribution in [0.2, 0.25) is 0 Å². The van der Waals surface area contributed by atoms with Crippen molar-refractivity contribution in [2.24, 2.45) is 5.92 Å². The number of likely N-dealkylation sites (tertiary alicyclic amines) is 2. The van der Waals surface area contributed by atoms with Crippen LogP contribution in [-0.2, 0) is 9.53 Å². The highest BCUT2D eigenvalue weighted by Crippen LogP contribution is 2.30. The van der Waals surface area contributed by atoms with Gasteiger partial charge in [-0.25, -0.2) is 8.78 Å². The Hall–Kier alpha value is -0.890. The van der Waals surface area contributed by atoms with E-state index in [1.54, 1.807) is 0 Å². The Kier molecular flexibility index (Phi) is 6.25. The number of carbonyl (C=O) groups is 1. The molecule has 0 aromatic rings. The van der Waals surface area contributed by atoms with Crippen LogP contribution in [-0.4, -0.2) is 74.0 Å². The maximum atomic E-state index is 12.7. The quantitative estimate of drug-likeness (QED) is 0.549. The zero-order chi connectivity index (χ0) is 17.0. The number of amides is 1. The van der Waals surface area contributed by atoms with Crippen LogP contribution < -0.4 is 0 Å². The lowest BCUT2D eigenvalue weighted by molar-refractivity contribution is -0.167. The molecule has 0 bridgehead atoms. The minimum Gasteiger partial charge on any atom is -0.374 e. The number of hydrogen-bond donors (Lipinski definition) is 0. The number of nitrogens with zero attached hydrogens (tertiary/aromatic N) is 2. The number of alkyl halides is 4. The maximum absolute atomic E-state index is 12.7. The van der Waals surface area contributed by atoms with E-state index in [9.17, 15) is 22.4 Å². The van der Waals surface area contributed by atoms with Crippen molar-refractivity contribution in [2.75, 3.05) is 39.9 Å². The first-order valence-corrected chi connectivity index (χ1v) is 8.03.